The van der Waals surface area contributed by atoms with Crippen LogP contribution in [0.25, 0.3) is 5.69 Å². The lowest BCUT2D eigenvalue weighted by Gasteiger charge is -2.10. The molecule has 0 radical (unpaired) electrons. The van der Waals surface area contributed by atoms with Crippen LogP contribution in [-0.2, 0) is 11.8 Å². The number of aryl methyl sites for hydroxylation is 2. The van der Waals surface area contributed by atoms with E-state index in [-0.39, 0.29) is 0 Å². The summed E-state index contributed by atoms with van der Waals surface area (Å²) in [7, 11) is 1.73. The number of benzene rings is 1. The normalized spacial score (nSPS) is 10.6. The molecule has 24 heavy (non-hydrogen) atoms. The van der Waals surface area contributed by atoms with Crippen molar-refractivity contribution < 1.29 is 9.59 Å². The summed E-state index contributed by atoms with van der Waals surface area (Å²) in [5.41, 5.74) is 2.60. The second-order valence-electron chi connectivity index (χ2n) is 5.31. The minimum atomic E-state index is -0.721. The Balaban J connectivity index is 1.90. The van der Waals surface area contributed by atoms with Gasteiger partial charge in [0.2, 0.25) is 0 Å². The lowest BCUT2D eigenvalue weighted by molar-refractivity contribution is -0.112. The molecule has 8 nitrogen and oxygen atoms in total. The lowest BCUT2D eigenvalue weighted by Crippen LogP contribution is -2.24. The summed E-state index contributed by atoms with van der Waals surface area (Å²) >= 11 is 0. The molecule has 1 N–H and O–H groups in total. The maximum atomic E-state index is 12.5. The number of carbonyl (C=O) groups excluding carboxylic acids is 2. The molecule has 1 amide bonds. The number of amides is 1. The van der Waals surface area contributed by atoms with Crippen LogP contribution in [0.3, 0.4) is 0 Å². The topological polar surface area (TPSA) is 94.7 Å². The number of nitrogens with one attached hydrogen (secondary N) is 1. The Morgan fingerprint density at radius 2 is 1.92 bits per heavy atom. The molecule has 8 heteroatoms. The molecule has 0 spiro atoms. The number of ketones is 1. The van der Waals surface area contributed by atoms with Crippen LogP contribution >= 0.6 is 0 Å². The number of carbonyl (C=O) groups is 2. The highest BCUT2D eigenvalue weighted by Crippen LogP contribution is 2.20. The molecule has 1 aromatic carbocycles. The molecule has 0 saturated carbocycles. The Hall–Kier alpha value is -3.29. The molecule has 0 aliphatic heterocycles. The Kier molecular flexibility index (Phi) is 3.95. The fourth-order valence-electron chi connectivity index (χ4n) is 2.51. The second kappa shape index (κ2) is 6.07. The van der Waals surface area contributed by atoms with Crippen molar-refractivity contribution in [3.8, 4) is 5.69 Å². The van der Waals surface area contributed by atoms with Gasteiger partial charge in [0.1, 0.15) is 12.7 Å². The van der Waals surface area contributed by atoms with Crippen LogP contribution in [-0.4, -0.2) is 36.2 Å². The van der Waals surface area contributed by atoms with E-state index in [2.05, 4.69) is 20.5 Å². The summed E-state index contributed by atoms with van der Waals surface area (Å²) < 4.78 is 3.10. The lowest BCUT2D eigenvalue weighted by atomic mass is 10.1. The van der Waals surface area contributed by atoms with Gasteiger partial charge in [-0.15, -0.1) is 0 Å². The maximum absolute atomic E-state index is 12.5. The highest BCUT2D eigenvalue weighted by molar-refractivity contribution is 6.47. The van der Waals surface area contributed by atoms with Gasteiger partial charge in [0.25, 0.3) is 11.7 Å². The Morgan fingerprint density at radius 1 is 1.17 bits per heavy atom. The summed E-state index contributed by atoms with van der Waals surface area (Å²) in [5, 5.41) is 10.9. The van der Waals surface area contributed by atoms with Gasteiger partial charge in [-0.05, 0) is 26.0 Å². The molecular formula is C16H16N6O2. The third-order valence-electron chi connectivity index (χ3n) is 3.76. The van der Waals surface area contributed by atoms with Crippen LogP contribution in [0, 0.1) is 13.8 Å². The number of anilines is 1. The molecule has 0 saturated heterocycles. The summed E-state index contributed by atoms with van der Waals surface area (Å²) in [4.78, 5) is 28.8. The quantitative estimate of drug-likeness (QED) is 0.579. The van der Waals surface area contributed by atoms with Crippen LogP contribution in [0.1, 0.15) is 21.7 Å². The third kappa shape index (κ3) is 2.69. The van der Waals surface area contributed by atoms with Crippen molar-refractivity contribution in [3.05, 3.63) is 53.9 Å². The zero-order chi connectivity index (χ0) is 17.3. The molecule has 2 aromatic heterocycles. The number of nitrogens with zero attached hydrogens (tertiary/aromatic N) is 5. The predicted molar refractivity (Wildman–Crippen MR) is 87.0 cm³/mol. The van der Waals surface area contributed by atoms with Crippen molar-refractivity contribution in [2.24, 2.45) is 7.05 Å². The zero-order valence-corrected chi connectivity index (χ0v) is 13.5. The standard InChI is InChI=1S/C16H16N6O2/c1-10-14(11(2)21(3)20-10)15(23)16(24)19-12-6-4-5-7-13(12)22-9-17-8-18-22/h4-9H,1-3H3,(H,19,24). The van der Waals surface area contributed by atoms with Gasteiger partial charge in [-0.25, -0.2) is 9.67 Å². The first kappa shape index (κ1) is 15.6. The maximum Gasteiger partial charge on any atom is 0.296 e. The largest absolute Gasteiger partial charge is 0.317 e. The minimum Gasteiger partial charge on any atom is -0.317 e. The Bertz CT molecular complexity index is 911. The van der Waals surface area contributed by atoms with Crippen molar-refractivity contribution in [2.45, 2.75) is 13.8 Å². The monoisotopic (exact) mass is 324 g/mol. The smallest absolute Gasteiger partial charge is 0.296 e. The highest BCUT2D eigenvalue weighted by Gasteiger charge is 2.24. The Labute approximate surface area is 138 Å². The first-order valence-electron chi connectivity index (χ1n) is 7.29. The molecule has 3 aromatic rings. The fraction of sp³-hybridized carbons (Fsp3) is 0.188. The summed E-state index contributed by atoms with van der Waals surface area (Å²) in [6, 6.07) is 7.05. The summed E-state index contributed by atoms with van der Waals surface area (Å²) in [6.45, 7) is 3.46. The van der Waals surface area contributed by atoms with Gasteiger partial charge in [0.05, 0.1) is 22.6 Å². The van der Waals surface area contributed by atoms with Gasteiger partial charge in [-0.2, -0.15) is 10.2 Å². The molecule has 0 unspecified atom stereocenters. The molecule has 0 aliphatic rings. The van der Waals surface area contributed by atoms with Crippen LogP contribution in [0.5, 0.6) is 0 Å². The van der Waals surface area contributed by atoms with Crippen molar-refractivity contribution in [1.82, 2.24) is 24.5 Å². The number of Topliss-reactive ketones (excluding diaryl/α,β-unsaturated/α-hetero) is 1. The van der Waals surface area contributed by atoms with Crippen molar-refractivity contribution in [3.63, 3.8) is 0 Å². The van der Waals surface area contributed by atoms with Gasteiger partial charge < -0.3 is 5.32 Å². The third-order valence-corrected chi connectivity index (χ3v) is 3.76. The number of rotatable bonds is 4. The van der Waals surface area contributed by atoms with E-state index in [1.54, 1.807) is 43.8 Å². The predicted octanol–water partition coefficient (Wildman–Crippen LogP) is 1.44. The SMILES string of the molecule is Cc1nn(C)c(C)c1C(=O)C(=O)Nc1ccccc1-n1cncn1. The number of hydrogen-bond acceptors (Lipinski definition) is 5. The van der Waals surface area contributed by atoms with E-state index in [0.717, 1.165) is 0 Å². The van der Waals surface area contributed by atoms with Crippen LogP contribution < -0.4 is 5.32 Å². The molecule has 0 fully saturated rings. The highest BCUT2D eigenvalue weighted by atomic mass is 16.2. The second-order valence-corrected chi connectivity index (χ2v) is 5.31. The van der Waals surface area contributed by atoms with E-state index in [1.165, 1.54) is 17.3 Å². The average Bonchev–Trinajstić information content (AvgIpc) is 3.17. The van der Waals surface area contributed by atoms with Gasteiger partial charge in [-0.3, -0.25) is 14.3 Å². The van der Waals surface area contributed by atoms with E-state index in [0.29, 0.717) is 28.3 Å². The molecule has 0 aliphatic carbocycles. The first-order valence-corrected chi connectivity index (χ1v) is 7.29. The number of hydrogen-bond donors (Lipinski definition) is 1. The van der Waals surface area contributed by atoms with Crippen LogP contribution in [0.15, 0.2) is 36.9 Å². The van der Waals surface area contributed by atoms with E-state index in [1.807, 2.05) is 6.07 Å². The average molecular weight is 324 g/mol. The van der Waals surface area contributed by atoms with Crippen molar-refractivity contribution in [2.75, 3.05) is 5.32 Å². The van der Waals surface area contributed by atoms with Gasteiger partial charge >= 0.3 is 0 Å². The fourth-order valence-corrected chi connectivity index (χ4v) is 2.51. The van der Waals surface area contributed by atoms with Crippen LogP contribution in [0.2, 0.25) is 0 Å². The van der Waals surface area contributed by atoms with Gasteiger partial charge in [-0.1, -0.05) is 12.1 Å². The van der Waals surface area contributed by atoms with E-state index in [4.69, 9.17) is 0 Å². The van der Waals surface area contributed by atoms with Gasteiger partial charge in [0, 0.05) is 12.7 Å². The number of para-hydroxylation sites is 2. The van der Waals surface area contributed by atoms with Gasteiger partial charge in [0.15, 0.2) is 0 Å². The van der Waals surface area contributed by atoms with E-state index in [9.17, 15) is 9.59 Å². The van der Waals surface area contributed by atoms with Crippen LogP contribution in [0.4, 0.5) is 5.69 Å². The van der Waals surface area contributed by atoms with Crippen molar-refractivity contribution >= 4 is 17.4 Å². The molecule has 3 rings (SSSR count). The summed E-state index contributed by atoms with van der Waals surface area (Å²) in [6.07, 6.45) is 2.91. The number of aromatic nitrogens is 5. The Morgan fingerprint density at radius 3 is 2.54 bits per heavy atom. The zero-order valence-electron chi connectivity index (χ0n) is 13.5. The molecular weight excluding hydrogens is 308 g/mol. The van der Waals surface area contributed by atoms with E-state index < -0.39 is 11.7 Å². The van der Waals surface area contributed by atoms with E-state index >= 15 is 0 Å². The molecule has 2 heterocycles. The first-order chi connectivity index (χ1) is 11.5. The minimum absolute atomic E-state index is 0.327. The van der Waals surface area contributed by atoms with Crippen molar-refractivity contribution in [1.29, 1.82) is 0 Å². The molecule has 122 valence electrons. The molecule has 0 bridgehead atoms. The molecule has 0 atom stereocenters. The summed E-state index contributed by atoms with van der Waals surface area (Å²) in [5.74, 6) is -1.34.